The second kappa shape index (κ2) is 10.8. The second-order valence-electron chi connectivity index (χ2n) is 7.72. The monoisotopic (exact) mass is 472 g/mol. The van der Waals surface area contributed by atoms with Gasteiger partial charge in [0, 0.05) is 16.5 Å². The first-order valence-corrected chi connectivity index (χ1v) is 11.6. The normalized spacial score (nSPS) is 11.7. The van der Waals surface area contributed by atoms with Gasteiger partial charge in [-0.1, -0.05) is 72.8 Å². The Morgan fingerprint density at radius 3 is 2.00 bits per heavy atom. The lowest BCUT2D eigenvalue weighted by atomic mass is 9.90. The lowest BCUT2D eigenvalue weighted by Gasteiger charge is -2.18. The van der Waals surface area contributed by atoms with Crippen LogP contribution >= 0.6 is 11.3 Å². The lowest BCUT2D eigenvalue weighted by Crippen LogP contribution is -2.30. The summed E-state index contributed by atoms with van der Waals surface area (Å²) in [5.74, 6) is -0.298. The van der Waals surface area contributed by atoms with E-state index in [-0.39, 0.29) is 18.4 Å². The second-order valence-corrected chi connectivity index (χ2v) is 8.84. The van der Waals surface area contributed by atoms with Gasteiger partial charge in [-0.05, 0) is 41.0 Å². The summed E-state index contributed by atoms with van der Waals surface area (Å²) in [7, 11) is 0. The minimum Gasteiger partial charge on any atom is -0.465 e. The predicted molar refractivity (Wildman–Crippen MR) is 134 cm³/mol. The zero-order chi connectivity index (χ0) is 23.9. The van der Waals surface area contributed by atoms with E-state index in [1.54, 1.807) is 30.3 Å². The molecule has 0 unspecified atom stereocenters. The number of carbonyl (C=O) groups is 2. The fraction of sp³-hybridized carbons (Fsp3) is 0.111. The molecule has 0 saturated carbocycles. The van der Waals surface area contributed by atoms with Crippen LogP contribution in [0.4, 0.5) is 10.5 Å². The number of hydrogen-bond acceptors (Lipinski definition) is 4. The molecule has 172 valence electrons. The molecular weight excluding hydrogens is 448 g/mol. The number of carboxylic acid groups (broad SMARTS) is 1. The molecule has 0 radical (unpaired) electrons. The molecule has 3 aromatic carbocycles. The summed E-state index contributed by atoms with van der Waals surface area (Å²) in [6.45, 7) is -0.322. The molecule has 1 atom stereocenters. The van der Waals surface area contributed by atoms with Crippen molar-refractivity contribution in [3.63, 3.8) is 0 Å². The zero-order valence-electron chi connectivity index (χ0n) is 18.2. The Bertz CT molecular complexity index is 1220. The van der Waals surface area contributed by atoms with Crippen LogP contribution in [0.2, 0.25) is 0 Å². The Morgan fingerprint density at radius 2 is 1.41 bits per heavy atom. The Hall–Kier alpha value is -3.94. The van der Waals surface area contributed by atoms with Crippen LogP contribution < -0.4 is 10.6 Å². The Labute approximate surface area is 201 Å². The number of hydrogen-bond donors (Lipinski definition) is 4. The predicted octanol–water partition coefficient (Wildman–Crippen LogP) is 5.48. The Balaban J connectivity index is 1.57. The van der Waals surface area contributed by atoms with E-state index in [2.05, 4.69) is 34.9 Å². The van der Waals surface area contributed by atoms with Crippen molar-refractivity contribution in [2.75, 3.05) is 11.9 Å². The van der Waals surface area contributed by atoms with E-state index in [4.69, 9.17) is 5.11 Å². The molecule has 1 aromatic heterocycles. The molecule has 34 heavy (non-hydrogen) atoms. The van der Waals surface area contributed by atoms with Crippen molar-refractivity contribution in [1.29, 1.82) is 0 Å². The summed E-state index contributed by atoms with van der Waals surface area (Å²) in [6.07, 6.45) is -1.18. The molecule has 4 rings (SSSR count). The molecule has 2 amide bonds. The average molecular weight is 473 g/mol. The number of aliphatic hydroxyl groups is 1. The van der Waals surface area contributed by atoms with E-state index in [1.165, 1.54) is 11.3 Å². The summed E-state index contributed by atoms with van der Waals surface area (Å²) in [6, 6.07) is 30.0. The molecule has 0 spiro atoms. The van der Waals surface area contributed by atoms with Crippen molar-refractivity contribution in [2.45, 2.75) is 12.0 Å². The molecule has 7 heteroatoms. The highest BCUT2D eigenvalue weighted by Gasteiger charge is 2.22. The van der Waals surface area contributed by atoms with E-state index < -0.39 is 12.1 Å². The molecule has 0 bridgehead atoms. The third-order valence-corrected chi connectivity index (χ3v) is 6.58. The van der Waals surface area contributed by atoms with E-state index >= 15 is 0 Å². The zero-order valence-corrected chi connectivity index (χ0v) is 19.0. The van der Waals surface area contributed by atoms with Crippen molar-refractivity contribution < 1.29 is 19.8 Å². The fourth-order valence-corrected chi connectivity index (χ4v) is 4.93. The van der Waals surface area contributed by atoms with Gasteiger partial charge in [0.25, 0.3) is 5.91 Å². The molecule has 0 fully saturated rings. The van der Waals surface area contributed by atoms with Crippen molar-refractivity contribution >= 4 is 29.0 Å². The molecule has 0 saturated heterocycles. The standard InChI is InChI=1S/C27H24N2O4S/c30-17-22(20-12-7-13-21(16-20)28-27(32)33)29-26(31)24-15-14-23(34-24)25(18-8-3-1-4-9-18)19-10-5-2-6-11-19/h1-16,22,25,28,30H,17H2,(H,29,31)(H,32,33)/t22-/m1/s1. The number of rotatable bonds is 8. The summed E-state index contributed by atoms with van der Waals surface area (Å²) >= 11 is 1.41. The molecule has 1 heterocycles. The van der Waals surface area contributed by atoms with Gasteiger partial charge in [0.05, 0.1) is 17.5 Å². The lowest BCUT2D eigenvalue weighted by molar-refractivity contribution is 0.0920. The SMILES string of the molecule is O=C(O)Nc1cccc([C@@H](CO)NC(=O)c2ccc(C(c3ccccc3)c3ccccc3)s2)c1. The third kappa shape index (κ3) is 5.51. The van der Waals surface area contributed by atoms with E-state index in [0.29, 0.717) is 16.1 Å². The van der Waals surface area contributed by atoms with Crippen LogP contribution in [-0.4, -0.2) is 28.8 Å². The van der Waals surface area contributed by atoms with Crippen molar-refractivity contribution in [1.82, 2.24) is 5.32 Å². The van der Waals surface area contributed by atoms with Crippen molar-refractivity contribution in [2.24, 2.45) is 0 Å². The highest BCUT2D eigenvalue weighted by Crippen LogP contribution is 2.36. The van der Waals surface area contributed by atoms with Gasteiger partial charge in [0.15, 0.2) is 0 Å². The van der Waals surface area contributed by atoms with E-state index in [1.807, 2.05) is 42.5 Å². The first-order chi connectivity index (χ1) is 16.5. The summed E-state index contributed by atoms with van der Waals surface area (Å²) in [5, 5.41) is 24.0. The average Bonchev–Trinajstić information content (AvgIpc) is 3.33. The number of carbonyl (C=O) groups excluding carboxylic acids is 1. The van der Waals surface area contributed by atoms with Crippen LogP contribution in [0.5, 0.6) is 0 Å². The Kier molecular flexibility index (Phi) is 7.37. The minimum absolute atomic E-state index is 0.00126. The van der Waals surface area contributed by atoms with Gasteiger partial charge in [0.1, 0.15) is 0 Å². The van der Waals surface area contributed by atoms with E-state index in [0.717, 1.165) is 16.0 Å². The maximum Gasteiger partial charge on any atom is 0.409 e. The van der Waals surface area contributed by atoms with E-state index in [9.17, 15) is 14.7 Å². The number of anilines is 1. The molecule has 4 N–H and O–H groups in total. The molecular formula is C27H24N2O4S. The van der Waals surface area contributed by atoms with Crippen LogP contribution in [-0.2, 0) is 0 Å². The van der Waals surface area contributed by atoms with Gasteiger partial charge >= 0.3 is 6.09 Å². The largest absolute Gasteiger partial charge is 0.465 e. The number of benzene rings is 3. The molecule has 6 nitrogen and oxygen atoms in total. The number of thiophene rings is 1. The summed E-state index contributed by atoms with van der Waals surface area (Å²) < 4.78 is 0. The van der Waals surface area contributed by atoms with Crippen LogP contribution in [0.1, 0.15) is 43.2 Å². The van der Waals surface area contributed by atoms with Gasteiger partial charge < -0.3 is 15.5 Å². The first kappa shape index (κ1) is 23.2. The molecule has 0 aliphatic carbocycles. The summed E-state index contributed by atoms with van der Waals surface area (Å²) in [5.41, 5.74) is 3.24. The molecule has 0 aliphatic rings. The van der Waals surface area contributed by atoms with Crippen LogP contribution in [0.25, 0.3) is 0 Å². The van der Waals surface area contributed by atoms with Crippen LogP contribution in [0.15, 0.2) is 97.1 Å². The van der Waals surface area contributed by atoms with Crippen LogP contribution in [0, 0.1) is 0 Å². The highest BCUT2D eigenvalue weighted by molar-refractivity contribution is 7.14. The number of aliphatic hydroxyl groups excluding tert-OH is 1. The van der Waals surface area contributed by atoms with Gasteiger partial charge in [-0.2, -0.15) is 0 Å². The first-order valence-electron chi connectivity index (χ1n) is 10.8. The van der Waals surface area contributed by atoms with Gasteiger partial charge in [0.2, 0.25) is 0 Å². The summed E-state index contributed by atoms with van der Waals surface area (Å²) in [4.78, 5) is 25.5. The topological polar surface area (TPSA) is 98.7 Å². The maximum absolute atomic E-state index is 13.0. The quantitative estimate of drug-likeness (QED) is 0.273. The van der Waals surface area contributed by atoms with Gasteiger partial charge in [-0.15, -0.1) is 11.3 Å². The number of amides is 2. The minimum atomic E-state index is -1.18. The highest BCUT2D eigenvalue weighted by atomic mass is 32.1. The fourth-order valence-electron chi connectivity index (χ4n) is 3.86. The van der Waals surface area contributed by atoms with Gasteiger partial charge in [-0.3, -0.25) is 10.1 Å². The third-order valence-electron chi connectivity index (χ3n) is 5.43. The Morgan fingerprint density at radius 1 is 0.794 bits per heavy atom. The smallest absolute Gasteiger partial charge is 0.409 e. The maximum atomic E-state index is 13.0. The van der Waals surface area contributed by atoms with Crippen molar-refractivity contribution in [3.05, 3.63) is 124 Å². The van der Waals surface area contributed by atoms with Crippen LogP contribution in [0.3, 0.4) is 0 Å². The molecule has 4 aromatic rings. The van der Waals surface area contributed by atoms with Gasteiger partial charge in [-0.25, -0.2) is 4.79 Å². The molecule has 0 aliphatic heterocycles. The number of nitrogens with one attached hydrogen (secondary N) is 2. The van der Waals surface area contributed by atoms with Crippen molar-refractivity contribution in [3.8, 4) is 0 Å².